The van der Waals surface area contributed by atoms with Gasteiger partial charge in [0.2, 0.25) is 5.91 Å². The molecule has 132 valence electrons. The molecular formula is C19H22ClN3O2. The van der Waals surface area contributed by atoms with Crippen LogP contribution in [0.1, 0.15) is 30.0 Å². The van der Waals surface area contributed by atoms with E-state index in [4.69, 9.17) is 11.6 Å². The zero-order valence-electron chi connectivity index (χ0n) is 14.2. The molecule has 5 nitrogen and oxygen atoms in total. The second-order valence-corrected chi connectivity index (χ2v) is 6.95. The van der Waals surface area contributed by atoms with Crippen LogP contribution in [0.5, 0.6) is 0 Å². The number of nitrogens with zero attached hydrogens (tertiary/aromatic N) is 2. The number of carbonyl (C=O) groups is 1. The Balaban J connectivity index is 1.53. The Labute approximate surface area is 152 Å². The lowest BCUT2D eigenvalue weighted by molar-refractivity contribution is -0.616. The van der Waals surface area contributed by atoms with Crippen LogP contribution < -0.4 is 10.0 Å². The van der Waals surface area contributed by atoms with Crippen molar-refractivity contribution in [1.82, 2.24) is 4.90 Å². The number of pyridine rings is 1. The number of benzene rings is 1. The first kappa shape index (κ1) is 17.7. The number of nitrogens with one attached hydrogen (secondary N) is 1. The molecule has 1 amide bonds. The average molecular weight is 360 g/mol. The third-order valence-electron chi connectivity index (χ3n) is 4.70. The molecule has 2 aromatic rings. The summed E-state index contributed by atoms with van der Waals surface area (Å²) in [6.07, 6.45) is 3.31. The van der Waals surface area contributed by atoms with Crippen LogP contribution in [-0.4, -0.2) is 30.4 Å². The summed E-state index contributed by atoms with van der Waals surface area (Å²) in [7, 11) is 0. The number of aryl methyl sites for hydroxylation is 1. The molecule has 0 spiro atoms. The highest BCUT2D eigenvalue weighted by atomic mass is 35.5. The van der Waals surface area contributed by atoms with Crippen LogP contribution in [0.4, 0.5) is 5.69 Å². The molecule has 1 aliphatic heterocycles. The number of aromatic nitrogens is 1. The van der Waals surface area contributed by atoms with Crippen LogP contribution in [0, 0.1) is 12.1 Å². The fourth-order valence-corrected chi connectivity index (χ4v) is 3.44. The fraction of sp³-hybridized carbons (Fsp3) is 0.368. The van der Waals surface area contributed by atoms with Gasteiger partial charge in [-0.2, -0.15) is 4.73 Å². The second-order valence-electron chi connectivity index (χ2n) is 6.51. The molecule has 25 heavy (non-hydrogen) atoms. The average Bonchev–Trinajstić information content (AvgIpc) is 2.59. The fourth-order valence-electron chi connectivity index (χ4n) is 3.27. The summed E-state index contributed by atoms with van der Waals surface area (Å²) in [5, 5.41) is 15.4. The Morgan fingerprint density at radius 3 is 2.80 bits per heavy atom. The first-order valence-electron chi connectivity index (χ1n) is 8.49. The molecule has 1 aliphatic rings. The van der Waals surface area contributed by atoms with E-state index in [9.17, 15) is 10.0 Å². The third kappa shape index (κ3) is 4.50. The molecule has 1 fully saturated rings. The van der Waals surface area contributed by atoms with Crippen LogP contribution >= 0.6 is 11.6 Å². The highest BCUT2D eigenvalue weighted by Gasteiger charge is 2.26. The predicted molar refractivity (Wildman–Crippen MR) is 98.6 cm³/mol. The minimum Gasteiger partial charge on any atom is -0.618 e. The molecular weight excluding hydrogens is 338 g/mol. The zero-order valence-corrected chi connectivity index (χ0v) is 15.0. The van der Waals surface area contributed by atoms with Crippen molar-refractivity contribution in [2.24, 2.45) is 0 Å². The Morgan fingerprint density at radius 1 is 1.32 bits per heavy atom. The molecule has 1 saturated heterocycles. The van der Waals surface area contributed by atoms with E-state index in [-0.39, 0.29) is 11.8 Å². The van der Waals surface area contributed by atoms with E-state index >= 15 is 0 Å². The molecule has 2 heterocycles. The van der Waals surface area contributed by atoms with E-state index in [0.717, 1.165) is 47.6 Å². The van der Waals surface area contributed by atoms with Crippen molar-refractivity contribution in [1.29, 1.82) is 0 Å². The van der Waals surface area contributed by atoms with Gasteiger partial charge in [-0.15, -0.1) is 0 Å². The summed E-state index contributed by atoms with van der Waals surface area (Å²) in [6.45, 7) is 3.91. The van der Waals surface area contributed by atoms with Gasteiger partial charge in [0.15, 0.2) is 11.9 Å². The van der Waals surface area contributed by atoms with E-state index in [0.29, 0.717) is 11.6 Å². The Hall–Kier alpha value is -2.11. The number of hydrogen-bond acceptors (Lipinski definition) is 3. The highest BCUT2D eigenvalue weighted by Crippen LogP contribution is 2.25. The van der Waals surface area contributed by atoms with Crippen molar-refractivity contribution >= 4 is 23.2 Å². The number of halogens is 1. The third-order valence-corrected chi connectivity index (χ3v) is 4.94. The molecule has 1 aromatic heterocycles. The molecule has 0 radical (unpaired) electrons. The second kappa shape index (κ2) is 7.85. The molecule has 1 N–H and O–H groups in total. The maximum absolute atomic E-state index is 12.3. The van der Waals surface area contributed by atoms with E-state index in [1.165, 1.54) is 0 Å². The Bertz CT molecular complexity index is 758. The number of likely N-dealkylation sites (tertiary alicyclic amines) is 1. The van der Waals surface area contributed by atoms with Crippen molar-refractivity contribution in [2.45, 2.75) is 25.7 Å². The van der Waals surface area contributed by atoms with Gasteiger partial charge < -0.3 is 10.5 Å². The standard InChI is InChI=1S/C19H22ClN3O2/c1-14-5-6-16(20)12-17(14)21-19(24)13-22-10-7-15(8-11-22)18-4-2-3-9-23(18)25/h2-6,9,12,15H,7-8,10-11,13H2,1H3,(H,21,24). The van der Waals surface area contributed by atoms with Crippen molar-refractivity contribution in [3.63, 3.8) is 0 Å². The van der Waals surface area contributed by atoms with Gasteiger partial charge in [-0.1, -0.05) is 23.7 Å². The van der Waals surface area contributed by atoms with Crippen molar-refractivity contribution in [3.05, 3.63) is 64.1 Å². The van der Waals surface area contributed by atoms with Gasteiger partial charge in [0.25, 0.3) is 0 Å². The van der Waals surface area contributed by atoms with E-state index in [1.807, 2.05) is 31.2 Å². The summed E-state index contributed by atoms with van der Waals surface area (Å²) in [6, 6.07) is 11.0. The smallest absolute Gasteiger partial charge is 0.238 e. The number of hydrogen-bond donors (Lipinski definition) is 1. The van der Waals surface area contributed by atoms with Crippen LogP contribution in [0.3, 0.4) is 0 Å². The minimum atomic E-state index is -0.0394. The first-order valence-corrected chi connectivity index (χ1v) is 8.87. The Kier molecular flexibility index (Phi) is 5.56. The topological polar surface area (TPSA) is 59.3 Å². The molecule has 0 bridgehead atoms. The van der Waals surface area contributed by atoms with Crippen LogP contribution in [-0.2, 0) is 4.79 Å². The quantitative estimate of drug-likeness (QED) is 0.674. The van der Waals surface area contributed by atoms with E-state index in [2.05, 4.69) is 10.2 Å². The maximum atomic E-state index is 12.3. The predicted octanol–water partition coefficient (Wildman–Crippen LogP) is 3.10. The van der Waals surface area contributed by atoms with E-state index in [1.54, 1.807) is 18.3 Å². The normalized spacial score (nSPS) is 15.9. The molecule has 0 aliphatic carbocycles. The van der Waals surface area contributed by atoms with E-state index < -0.39 is 0 Å². The van der Waals surface area contributed by atoms with Crippen molar-refractivity contribution in [3.8, 4) is 0 Å². The van der Waals surface area contributed by atoms with Gasteiger partial charge in [0.1, 0.15) is 0 Å². The molecule has 6 heteroatoms. The molecule has 0 saturated carbocycles. The van der Waals surface area contributed by atoms with Gasteiger partial charge in [-0.25, -0.2) is 0 Å². The minimum absolute atomic E-state index is 0.0394. The Morgan fingerprint density at radius 2 is 2.08 bits per heavy atom. The molecule has 0 atom stereocenters. The van der Waals surface area contributed by atoms with Crippen LogP contribution in [0.15, 0.2) is 42.6 Å². The summed E-state index contributed by atoms with van der Waals surface area (Å²) >= 11 is 5.99. The number of rotatable bonds is 4. The van der Waals surface area contributed by atoms with Gasteiger partial charge in [-0.3, -0.25) is 9.69 Å². The summed E-state index contributed by atoms with van der Waals surface area (Å²) in [4.78, 5) is 14.4. The lowest BCUT2D eigenvalue weighted by atomic mass is 9.93. The number of amides is 1. The molecule has 3 rings (SSSR count). The van der Waals surface area contributed by atoms with Crippen LogP contribution in [0.2, 0.25) is 5.02 Å². The van der Waals surface area contributed by atoms with Gasteiger partial charge in [-0.05, 0) is 50.6 Å². The van der Waals surface area contributed by atoms with Gasteiger partial charge >= 0.3 is 0 Å². The monoisotopic (exact) mass is 359 g/mol. The van der Waals surface area contributed by atoms with Gasteiger partial charge in [0.05, 0.1) is 6.54 Å². The SMILES string of the molecule is Cc1ccc(Cl)cc1NC(=O)CN1CCC(c2cccc[n+]2[O-])CC1. The summed E-state index contributed by atoms with van der Waals surface area (Å²) in [5.41, 5.74) is 2.56. The number of piperidine rings is 1. The van der Waals surface area contributed by atoms with Gasteiger partial charge in [0, 0.05) is 28.8 Å². The van der Waals surface area contributed by atoms with Crippen molar-refractivity contribution in [2.75, 3.05) is 25.0 Å². The zero-order chi connectivity index (χ0) is 17.8. The summed E-state index contributed by atoms with van der Waals surface area (Å²) < 4.78 is 0.953. The van der Waals surface area contributed by atoms with Crippen molar-refractivity contribution < 1.29 is 9.52 Å². The molecule has 0 unspecified atom stereocenters. The largest absolute Gasteiger partial charge is 0.618 e. The lowest BCUT2D eigenvalue weighted by Gasteiger charge is -2.30. The highest BCUT2D eigenvalue weighted by molar-refractivity contribution is 6.31. The lowest BCUT2D eigenvalue weighted by Crippen LogP contribution is -2.41. The van der Waals surface area contributed by atoms with Crippen LogP contribution in [0.25, 0.3) is 0 Å². The number of anilines is 1. The summed E-state index contributed by atoms with van der Waals surface area (Å²) in [5.74, 6) is 0.218. The first-order chi connectivity index (χ1) is 12.0. The molecule has 1 aromatic carbocycles. The maximum Gasteiger partial charge on any atom is 0.238 e. The number of carbonyl (C=O) groups excluding carboxylic acids is 1.